The number of rotatable bonds is 4. The number of fused-ring (bicyclic) bond motifs is 1. The molecule has 0 radical (unpaired) electrons. The molecule has 0 atom stereocenters. The van der Waals surface area contributed by atoms with Crippen LogP contribution in [-0.2, 0) is 0 Å². The molecule has 138 valence electrons. The molecule has 0 aliphatic rings. The summed E-state index contributed by atoms with van der Waals surface area (Å²) >= 11 is 0. The summed E-state index contributed by atoms with van der Waals surface area (Å²) < 4.78 is 6.70. The molecule has 6 heteroatoms. The number of methoxy groups -OCH3 is 1. The Hall–Kier alpha value is -3.93. The van der Waals surface area contributed by atoms with Crippen molar-refractivity contribution in [1.29, 1.82) is 0 Å². The van der Waals surface area contributed by atoms with Gasteiger partial charge in [0.25, 0.3) is 5.56 Å². The molecule has 0 spiro atoms. The molecule has 0 saturated heterocycles. The van der Waals surface area contributed by atoms with Gasteiger partial charge in [-0.3, -0.25) is 9.20 Å². The lowest BCUT2D eigenvalue weighted by atomic mass is 9.99. The largest absolute Gasteiger partial charge is 0.497 e. The minimum atomic E-state index is -1.02. The van der Waals surface area contributed by atoms with Crippen LogP contribution in [0.1, 0.15) is 10.4 Å². The molecule has 0 amide bonds. The number of carbonyl (C=O) groups is 1. The molecule has 0 unspecified atom stereocenters. The summed E-state index contributed by atoms with van der Waals surface area (Å²) in [7, 11) is 1.56. The Bertz CT molecular complexity index is 1230. The zero-order valence-corrected chi connectivity index (χ0v) is 15.0. The number of carboxylic acids is 1. The summed E-state index contributed by atoms with van der Waals surface area (Å²) in [6.45, 7) is 0. The second kappa shape index (κ2) is 7.00. The maximum atomic E-state index is 13.3. The summed E-state index contributed by atoms with van der Waals surface area (Å²) in [5, 5.41) is 9.13. The third kappa shape index (κ3) is 3.01. The first kappa shape index (κ1) is 17.5. The lowest BCUT2D eigenvalue weighted by Crippen LogP contribution is -2.18. The first-order valence-electron chi connectivity index (χ1n) is 8.58. The van der Waals surface area contributed by atoms with E-state index in [0.29, 0.717) is 28.2 Å². The van der Waals surface area contributed by atoms with Crippen molar-refractivity contribution in [3.63, 3.8) is 0 Å². The van der Waals surface area contributed by atoms with Crippen LogP contribution in [0.3, 0.4) is 0 Å². The van der Waals surface area contributed by atoms with E-state index in [1.807, 2.05) is 30.3 Å². The number of benzene rings is 2. The second-order valence-electron chi connectivity index (χ2n) is 6.18. The molecule has 0 bridgehead atoms. The third-order valence-corrected chi connectivity index (χ3v) is 4.51. The fourth-order valence-corrected chi connectivity index (χ4v) is 3.09. The average molecular weight is 372 g/mol. The fourth-order valence-electron chi connectivity index (χ4n) is 3.09. The second-order valence-corrected chi connectivity index (χ2v) is 6.18. The van der Waals surface area contributed by atoms with Gasteiger partial charge < -0.3 is 9.84 Å². The van der Waals surface area contributed by atoms with E-state index in [1.54, 1.807) is 37.6 Å². The van der Waals surface area contributed by atoms with Crippen molar-refractivity contribution < 1.29 is 14.6 Å². The molecule has 1 N–H and O–H groups in total. The van der Waals surface area contributed by atoms with Gasteiger partial charge in [0.1, 0.15) is 11.4 Å². The van der Waals surface area contributed by atoms with E-state index in [4.69, 9.17) is 14.8 Å². The number of carboxylic acid groups (broad SMARTS) is 1. The molecular formula is C22H16N2O4. The first-order chi connectivity index (χ1) is 13.6. The van der Waals surface area contributed by atoms with Gasteiger partial charge in [-0.15, -0.1) is 0 Å². The first-order valence-corrected chi connectivity index (χ1v) is 8.58. The summed E-state index contributed by atoms with van der Waals surface area (Å²) in [6.07, 6.45) is 1.62. The summed E-state index contributed by atoms with van der Waals surface area (Å²) in [4.78, 5) is 29.2. The minimum Gasteiger partial charge on any atom is -0.497 e. The number of hydrogen-bond donors (Lipinski definition) is 1. The molecule has 0 saturated carbocycles. The van der Waals surface area contributed by atoms with Gasteiger partial charge in [-0.1, -0.05) is 42.5 Å². The molecular weight excluding hydrogens is 356 g/mol. The van der Waals surface area contributed by atoms with E-state index in [2.05, 4.69) is 0 Å². The van der Waals surface area contributed by atoms with Gasteiger partial charge in [-0.05, 0) is 23.8 Å². The van der Waals surface area contributed by atoms with Gasteiger partial charge in [0, 0.05) is 17.8 Å². The number of ether oxygens (including phenoxy) is 1. The van der Waals surface area contributed by atoms with E-state index in [9.17, 15) is 9.59 Å². The Balaban J connectivity index is 2.04. The summed E-state index contributed by atoms with van der Waals surface area (Å²) in [6, 6.07) is 19.0. The lowest BCUT2D eigenvalue weighted by Gasteiger charge is -2.12. The van der Waals surface area contributed by atoms with Crippen LogP contribution >= 0.6 is 0 Å². The summed E-state index contributed by atoms with van der Waals surface area (Å²) in [5.74, 6) is -0.417. The minimum absolute atomic E-state index is 0.156. The molecule has 2 heterocycles. The number of hydrogen-bond acceptors (Lipinski definition) is 4. The Morgan fingerprint density at radius 2 is 1.71 bits per heavy atom. The van der Waals surface area contributed by atoms with Gasteiger partial charge in [0.15, 0.2) is 0 Å². The zero-order chi connectivity index (χ0) is 19.7. The van der Waals surface area contributed by atoms with Crippen LogP contribution < -0.4 is 10.3 Å². The predicted octanol–water partition coefficient (Wildman–Crippen LogP) is 3.74. The van der Waals surface area contributed by atoms with Crippen molar-refractivity contribution in [3.05, 3.63) is 88.8 Å². The van der Waals surface area contributed by atoms with Crippen molar-refractivity contribution >= 4 is 11.6 Å². The van der Waals surface area contributed by atoms with E-state index in [0.717, 1.165) is 5.56 Å². The zero-order valence-electron chi connectivity index (χ0n) is 15.0. The summed E-state index contributed by atoms with van der Waals surface area (Å²) in [5.41, 5.74) is 2.72. The third-order valence-electron chi connectivity index (χ3n) is 4.51. The maximum Gasteiger partial charge on any atom is 0.335 e. The van der Waals surface area contributed by atoms with Crippen LogP contribution in [0.25, 0.3) is 28.0 Å². The van der Waals surface area contributed by atoms with Crippen LogP contribution in [-0.4, -0.2) is 27.6 Å². The van der Waals surface area contributed by atoms with Gasteiger partial charge in [0.2, 0.25) is 0 Å². The Labute approximate surface area is 160 Å². The Morgan fingerprint density at radius 3 is 2.36 bits per heavy atom. The highest BCUT2D eigenvalue weighted by Crippen LogP contribution is 2.29. The number of nitrogens with zero attached hydrogens (tertiary/aromatic N) is 2. The molecule has 2 aromatic carbocycles. The van der Waals surface area contributed by atoms with E-state index in [1.165, 1.54) is 16.5 Å². The number of aromatic nitrogens is 2. The molecule has 4 rings (SSSR count). The fraction of sp³-hybridized carbons (Fsp3) is 0.0455. The maximum absolute atomic E-state index is 13.3. The molecule has 0 aliphatic carbocycles. The van der Waals surface area contributed by atoms with Crippen molar-refractivity contribution in [2.45, 2.75) is 0 Å². The van der Waals surface area contributed by atoms with Crippen molar-refractivity contribution in [2.75, 3.05) is 7.11 Å². The molecule has 28 heavy (non-hydrogen) atoms. The SMILES string of the molecule is COc1ccn2c(=O)c(-c3ccc(C(=O)O)cc3)c(-c3ccccc3)nc2c1. The topological polar surface area (TPSA) is 80.9 Å². The number of pyridine rings is 1. The Kier molecular flexibility index (Phi) is 4.37. The van der Waals surface area contributed by atoms with Crippen LogP contribution in [0.15, 0.2) is 77.7 Å². The van der Waals surface area contributed by atoms with Crippen molar-refractivity contribution in [2.24, 2.45) is 0 Å². The molecule has 0 fully saturated rings. The normalized spacial score (nSPS) is 10.8. The predicted molar refractivity (Wildman–Crippen MR) is 106 cm³/mol. The van der Waals surface area contributed by atoms with Gasteiger partial charge in [0.05, 0.1) is 23.9 Å². The highest BCUT2D eigenvalue weighted by molar-refractivity contribution is 5.89. The van der Waals surface area contributed by atoms with Crippen LogP contribution in [0.5, 0.6) is 5.75 Å². The van der Waals surface area contributed by atoms with E-state index in [-0.39, 0.29) is 11.1 Å². The smallest absolute Gasteiger partial charge is 0.335 e. The van der Waals surface area contributed by atoms with E-state index >= 15 is 0 Å². The van der Waals surface area contributed by atoms with Gasteiger partial charge in [-0.25, -0.2) is 9.78 Å². The highest BCUT2D eigenvalue weighted by Gasteiger charge is 2.17. The molecule has 2 aromatic heterocycles. The van der Waals surface area contributed by atoms with Crippen LogP contribution in [0.2, 0.25) is 0 Å². The van der Waals surface area contributed by atoms with Gasteiger partial charge >= 0.3 is 5.97 Å². The van der Waals surface area contributed by atoms with Crippen LogP contribution in [0, 0.1) is 0 Å². The molecule has 0 aliphatic heterocycles. The van der Waals surface area contributed by atoms with E-state index < -0.39 is 5.97 Å². The van der Waals surface area contributed by atoms with Crippen LogP contribution in [0.4, 0.5) is 0 Å². The highest BCUT2D eigenvalue weighted by atomic mass is 16.5. The lowest BCUT2D eigenvalue weighted by molar-refractivity contribution is 0.0697. The van der Waals surface area contributed by atoms with Crippen molar-refractivity contribution in [1.82, 2.24) is 9.38 Å². The monoisotopic (exact) mass is 372 g/mol. The van der Waals surface area contributed by atoms with Crippen molar-refractivity contribution in [3.8, 4) is 28.1 Å². The Morgan fingerprint density at radius 1 is 1.00 bits per heavy atom. The molecule has 6 nitrogen and oxygen atoms in total. The quantitative estimate of drug-likeness (QED) is 0.590. The standard InChI is InChI=1S/C22H16N2O4/c1-28-17-11-12-24-18(13-17)23-20(15-5-3-2-4-6-15)19(21(24)25)14-7-9-16(10-8-14)22(26)27/h2-13H,1H3,(H,26,27). The number of aromatic carboxylic acids is 1. The van der Waals surface area contributed by atoms with Gasteiger partial charge in [-0.2, -0.15) is 0 Å². The molecule has 4 aromatic rings. The average Bonchev–Trinajstić information content (AvgIpc) is 2.74.